The molecule has 0 saturated carbocycles. The molecule has 114 valence electrons. The molecule has 2 rings (SSSR count). The number of aromatic nitrogens is 1. The van der Waals surface area contributed by atoms with Crippen LogP contribution in [-0.4, -0.2) is 13.4 Å². The number of sulfonamides is 1. The van der Waals surface area contributed by atoms with Crippen LogP contribution in [-0.2, 0) is 10.0 Å². The third kappa shape index (κ3) is 3.39. The molecule has 5 nitrogen and oxygen atoms in total. The normalized spacial score (nSPS) is 13.3. The number of nitrogens with zero attached hydrogens (tertiary/aromatic N) is 1. The van der Waals surface area contributed by atoms with E-state index in [-0.39, 0.29) is 16.1 Å². The second kappa shape index (κ2) is 5.70. The van der Waals surface area contributed by atoms with Crippen LogP contribution in [0.4, 0.5) is 10.1 Å². The molecule has 0 aliphatic heterocycles. The summed E-state index contributed by atoms with van der Waals surface area (Å²) in [6.45, 7) is 4.92. The topological polar surface area (TPSA) is 85.1 Å². The number of thiazole rings is 1. The maximum absolute atomic E-state index is 13.7. The van der Waals surface area contributed by atoms with E-state index < -0.39 is 21.9 Å². The van der Waals surface area contributed by atoms with Gasteiger partial charge >= 0.3 is 0 Å². The van der Waals surface area contributed by atoms with Gasteiger partial charge in [0, 0.05) is 22.3 Å². The van der Waals surface area contributed by atoms with Crippen LogP contribution in [0.15, 0.2) is 22.4 Å². The Balaban J connectivity index is 2.35. The van der Waals surface area contributed by atoms with Crippen LogP contribution < -0.4 is 10.5 Å². The van der Waals surface area contributed by atoms with E-state index in [1.54, 1.807) is 6.92 Å². The predicted octanol–water partition coefficient (Wildman–Crippen LogP) is 2.52. The van der Waals surface area contributed by atoms with E-state index in [2.05, 4.69) is 9.71 Å². The summed E-state index contributed by atoms with van der Waals surface area (Å²) in [5, 5.41) is 2.49. The molecular formula is C13H16FN3O2S2. The van der Waals surface area contributed by atoms with Crippen LogP contribution >= 0.6 is 11.3 Å². The van der Waals surface area contributed by atoms with Gasteiger partial charge < -0.3 is 5.73 Å². The Labute approximate surface area is 127 Å². The maximum atomic E-state index is 13.7. The second-order valence-electron chi connectivity index (χ2n) is 4.80. The molecule has 1 heterocycles. The maximum Gasteiger partial charge on any atom is 0.241 e. The van der Waals surface area contributed by atoms with Crippen LogP contribution in [0.25, 0.3) is 0 Å². The van der Waals surface area contributed by atoms with Crippen molar-refractivity contribution in [2.75, 3.05) is 5.73 Å². The summed E-state index contributed by atoms with van der Waals surface area (Å²) < 4.78 is 40.9. The zero-order valence-electron chi connectivity index (χ0n) is 11.8. The van der Waals surface area contributed by atoms with Crippen LogP contribution in [0.3, 0.4) is 0 Å². The minimum Gasteiger partial charge on any atom is -0.399 e. The van der Waals surface area contributed by atoms with E-state index in [1.165, 1.54) is 24.3 Å². The summed E-state index contributed by atoms with van der Waals surface area (Å²) in [6, 6.07) is 1.85. The first kappa shape index (κ1) is 15.9. The zero-order chi connectivity index (χ0) is 15.8. The molecule has 0 aliphatic carbocycles. The van der Waals surface area contributed by atoms with Crippen molar-refractivity contribution < 1.29 is 12.8 Å². The Bertz CT molecular complexity index is 772. The van der Waals surface area contributed by atoms with Crippen molar-refractivity contribution >= 4 is 27.0 Å². The zero-order valence-corrected chi connectivity index (χ0v) is 13.5. The quantitative estimate of drug-likeness (QED) is 0.844. The lowest BCUT2D eigenvalue weighted by molar-refractivity contribution is 0.561. The lowest BCUT2D eigenvalue weighted by Gasteiger charge is -2.14. The fraction of sp³-hybridized carbons (Fsp3) is 0.308. The number of hydrogen-bond donors (Lipinski definition) is 2. The first-order valence-corrected chi connectivity index (χ1v) is 8.57. The molecule has 1 aromatic carbocycles. The Morgan fingerprint density at radius 1 is 1.38 bits per heavy atom. The van der Waals surface area contributed by atoms with Crippen molar-refractivity contribution in [2.24, 2.45) is 0 Å². The highest BCUT2D eigenvalue weighted by Crippen LogP contribution is 2.25. The molecule has 0 aliphatic rings. The molecule has 0 radical (unpaired) electrons. The van der Waals surface area contributed by atoms with Crippen molar-refractivity contribution in [3.63, 3.8) is 0 Å². The average Bonchev–Trinajstić information content (AvgIpc) is 2.80. The first-order chi connectivity index (χ1) is 9.70. The molecule has 1 aromatic heterocycles. The van der Waals surface area contributed by atoms with Crippen LogP contribution in [0.2, 0.25) is 0 Å². The smallest absolute Gasteiger partial charge is 0.241 e. The lowest BCUT2D eigenvalue weighted by Crippen LogP contribution is -2.27. The van der Waals surface area contributed by atoms with Crippen LogP contribution in [0, 0.1) is 19.7 Å². The summed E-state index contributed by atoms with van der Waals surface area (Å²) in [7, 11) is -3.88. The van der Waals surface area contributed by atoms with E-state index in [9.17, 15) is 12.8 Å². The lowest BCUT2D eigenvalue weighted by atomic mass is 10.2. The average molecular weight is 329 g/mol. The summed E-state index contributed by atoms with van der Waals surface area (Å²) in [6.07, 6.45) is 0. The monoisotopic (exact) mass is 329 g/mol. The molecule has 0 saturated heterocycles. The molecule has 3 N–H and O–H groups in total. The highest BCUT2D eigenvalue weighted by molar-refractivity contribution is 7.89. The highest BCUT2D eigenvalue weighted by atomic mass is 32.2. The third-order valence-electron chi connectivity index (χ3n) is 2.95. The fourth-order valence-corrected chi connectivity index (χ4v) is 4.24. The van der Waals surface area contributed by atoms with Crippen molar-refractivity contribution in [3.8, 4) is 0 Å². The predicted molar refractivity (Wildman–Crippen MR) is 81.1 cm³/mol. The summed E-state index contributed by atoms with van der Waals surface area (Å²) in [4.78, 5) is 4.09. The highest BCUT2D eigenvalue weighted by Gasteiger charge is 2.23. The standard InChI is InChI=1S/C13H16FN3O2S2/c1-7-6-20-13(16-7)9(3)17-21(18,19)12-5-10(15)4-11(14)8(12)2/h4-6,9,17H,15H2,1-3H3. The largest absolute Gasteiger partial charge is 0.399 e. The summed E-state index contributed by atoms with van der Waals surface area (Å²) in [5.41, 5.74) is 6.46. The Kier molecular flexibility index (Phi) is 4.31. The minimum atomic E-state index is -3.88. The Morgan fingerprint density at radius 3 is 2.62 bits per heavy atom. The Morgan fingerprint density at radius 2 is 2.05 bits per heavy atom. The molecule has 1 unspecified atom stereocenters. The van der Waals surface area contributed by atoms with Gasteiger partial charge in [-0.25, -0.2) is 22.5 Å². The van der Waals surface area contributed by atoms with Gasteiger partial charge in [-0.15, -0.1) is 11.3 Å². The van der Waals surface area contributed by atoms with Crippen LogP contribution in [0.5, 0.6) is 0 Å². The molecule has 0 bridgehead atoms. The van der Waals surface area contributed by atoms with Gasteiger partial charge in [0.1, 0.15) is 10.8 Å². The molecule has 0 spiro atoms. The van der Waals surface area contributed by atoms with E-state index in [0.29, 0.717) is 5.01 Å². The number of anilines is 1. The van der Waals surface area contributed by atoms with Gasteiger partial charge in [0.25, 0.3) is 0 Å². The summed E-state index contributed by atoms with van der Waals surface area (Å²) in [5.74, 6) is -0.645. The van der Waals surface area contributed by atoms with Gasteiger partial charge in [0.05, 0.1) is 10.9 Å². The number of benzene rings is 1. The molecule has 0 fully saturated rings. The van der Waals surface area contributed by atoms with Crippen molar-refractivity contribution in [1.82, 2.24) is 9.71 Å². The van der Waals surface area contributed by atoms with Gasteiger partial charge in [-0.2, -0.15) is 0 Å². The van der Waals surface area contributed by atoms with E-state index in [4.69, 9.17) is 5.73 Å². The second-order valence-corrected chi connectivity index (χ2v) is 7.37. The van der Waals surface area contributed by atoms with E-state index in [0.717, 1.165) is 11.8 Å². The number of nitrogens with two attached hydrogens (primary N) is 1. The van der Waals surface area contributed by atoms with Gasteiger partial charge in [-0.05, 0) is 32.9 Å². The third-order valence-corrected chi connectivity index (χ3v) is 5.76. The van der Waals surface area contributed by atoms with Crippen LogP contribution in [0.1, 0.15) is 29.2 Å². The number of nitrogen functional groups attached to an aromatic ring is 1. The number of aryl methyl sites for hydroxylation is 1. The van der Waals surface area contributed by atoms with Gasteiger partial charge in [0.15, 0.2) is 0 Å². The minimum absolute atomic E-state index is 0.0409. The van der Waals surface area contributed by atoms with Gasteiger partial charge in [0.2, 0.25) is 10.0 Å². The van der Waals surface area contributed by atoms with Gasteiger partial charge in [-0.3, -0.25) is 0 Å². The Hall–Kier alpha value is -1.51. The SMILES string of the molecule is Cc1csc(C(C)NS(=O)(=O)c2cc(N)cc(F)c2C)n1. The molecule has 8 heteroatoms. The van der Waals surface area contributed by atoms with Crippen molar-refractivity contribution in [3.05, 3.63) is 39.6 Å². The number of hydrogen-bond acceptors (Lipinski definition) is 5. The fourth-order valence-electron chi connectivity index (χ4n) is 1.87. The number of nitrogens with one attached hydrogen (secondary N) is 1. The molecule has 0 amide bonds. The number of rotatable bonds is 4. The van der Waals surface area contributed by atoms with E-state index in [1.807, 2.05) is 12.3 Å². The molecule has 2 aromatic rings. The molecule has 1 atom stereocenters. The molecular weight excluding hydrogens is 313 g/mol. The van der Waals surface area contributed by atoms with Gasteiger partial charge in [-0.1, -0.05) is 0 Å². The van der Waals surface area contributed by atoms with E-state index >= 15 is 0 Å². The molecule has 21 heavy (non-hydrogen) atoms. The van der Waals surface area contributed by atoms with Crippen molar-refractivity contribution in [2.45, 2.75) is 31.7 Å². The summed E-state index contributed by atoms with van der Waals surface area (Å²) >= 11 is 1.37. The number of halogens is 1. The van der Waals surface area contributed by atoms with Crippen molar-refractivity contribution in [1.29, 1.82) is 0 Å². The first-order valence-electron chi connectivity index (χ1n) is 6.20.